The van der Waals surface area contributed by atoms with Gasteiger partial charge in [-0.15, -0.1) is 11.8 Å². The van der Waals surface area contributed by atoms with Crippen LogP contribution in [0, 0.1) is 0 Å². The van der Waals surface area contributed by atoms with Gasteiger partial charge in [-0.1, -0.05) is 48.5 Å². The summed E-state index contributed by atoms with van der Waals surface area (Å²) in [5.74, 6) is -1.82. The number of nitrogens with zero attached hydrogens (tertiary/aromatic N) is 1. The number of sulfonamides is 1. The molecule has 2 unspecified atom stereocenters. The molecule has 12 heteroatoms. The van der Waals surface area contributed by atoms with Crippen LogP contribution < -0.4 is 16.0 Å². The first-order valence-corrected chi connectivity index (χ1v) is 12.6. The summed E-state index contributed by atoms with van der Waals surface area (Å²) in [5.41, 5.74) is 0.870. The largest absolute Gasteiger partial charge is 0.480 e. The molecule has 176 valence electrons. The molecule has 2 aromatic carbocycles. The Morgan fingerprint density at radius 2 is 1.67 bits per heavy atom. The van der Waals surface area contributed by atoms with Crippen LogP contribution in [0.1, 0.15) is 5.56 Å². The monoisotopic (exact) mass is 492 g/mol. The van der Waals surface area contributed by atoms with E-state index in [1.807, 2.05) is 30.3 Å². The number of carboxylic acid groups (broad SMARTS) is 1. The lowest BCUT2D eigenvalue weighted by Crippen LogP contribution is -2.55. The number of carbonyl (C=O) groups excluding carboxylic acids is 2. The average molecular weight is 493 g/mol. The Kier molecular flexibility index (Phi) is 8.31. The van der Waals surface area contributed by atoms with Crippen molar-refractivity contribution in [2.45, 2.75) is 23.5 Å². The number of amides is 3. The molecule has 2 atom stereocenters. The summed E-state index contributed by atoms with van der Waals surface area (Å²) >= 11 is 1.26. The molecule has 1 heterocycles. The molecule has 1 aliphatic heterocycles. The van der Waals surface area contributed by atoms with E-state index in [1.165, 1.54) is 23.9 Å². The van der Waals surface area contributed by atoms with E-state index in [4.69, 9.17) is 0 Å². The first-order chi connectivity index (χ1) is 15.8. The molecule has 33 heavy (non-hydrogen) atoms. The van der Waals surface area contributed by atoms with Crippen LogP contribution in [0.5, 0.6) is 0 Å². The molecule has 4 N–H and O–H groups in total. The summed E-state index contributed by atoms with van der Waals surface area (Å²) in [7, 11) is -3.92. The summed E-state index contributed by atoms with van der Waals surface area (Å²) < 4.78 is 26.9. The summed E-state index contributed by atoms with van der Waals surface area (Å²) in [6, 6.07) is 13.8. The highest BCUT2D eigenvalue weighted by molar-refractivity contribution is 8.00. The van der Waals surface area contributed by atoms with E-state index in [2.05, 4.69) is 16.0 Å². The Morgan fingerprint density at radius 3 is 2.30 bits per heavy atom. The Hall–Kier alpha value is -3.09. The molecule has 3 rings (SSSR count). The van der Waals surface area contributed by atoms with Gasteiger partial charge in [0.15, 0.2) is 0 Å². The van der Waals surface area contributed by atoms with E-state index in [1.54, 1.807) is 18.2 Å². The number of thioether (sulfide) groups is 1. The predicted molar refractivity (Wildman–Crippen MR) is 123 cm³/mol. The highest BCUT2D eigenvalue weighted by Crippen LogP contribution is 2.28. The lowest BCUT2D eigenvalue weighted by atomic mass is 10.2. The number of rotatable bonds is 9. The van der Waals surface area contributed by atoms with Gasteiger partial charge in [-0.05, 0) is 17.7 Å². The van der Waals surface area contributed by atoms with Crippen LogP contribution in [-0.2, 0) is 26.2 Å². The van der Waals surface area contributed by atoms with Crippen molar-refractivity contribution < 1.29 is 27.9 Å². The molecule has 1 saturated heterocycles. The van der Waals surface area contributed by atoms with Crippen LogP contribution in [0.2, 0.25) is 0 Å². The van der Waals surface area contributed by atoms with Crippen LogP contribution in [0.25, 0.3) is 0 Å². The number of carboxylic acids is 1. The minimum absolute atomic E-state index is 0.0526. The minimum atomic E-state index is -3.92. The number of hydrogen-bond donors (Lipinski definition) is 4. The van der Waals surface area contributed by atoms with E-state index in [-0.39, 0.29) is 29.6 Å². The summed E-state index contributed by atoms with van der Waals surface area (Å²) in [6.45, 7) is -0.116. The first-order valence-electron chi connectivity index (χ1n) is 10.0. The molecule has 1 fully saturated rings. The molecule has 0 bridgehead atoms. The summed E-state index contributed by atoms with van der Waals surface area (Å²) in [6.07, 6.45) is 0. The van der Waals surface area contributed by atoms with Gasteiger partial charge in [0.2, 0.25) is 15.9 Å². The Bertz CT molecular complexity index is 1080. The predicted octanol–water partition coefficient (Wildman–Crippen LogP) is 0.819. The Morgan fingerprint density at radius 1 is 1.03 bits per heavy atom. The van der Waals surface area contributed by atoms with Gasteiger partial charge < -0.3 is 21.1 Å². The van der Waals surface area contributed by atoms with Crippen LogP contribution >= 0.6 is 11.8 Å². The molecule has 0 radical (unpaired) electrons. The van der Waals surface area contributed by atoms with Crippen molar-refractivity contribution >= 4 is 39.7 Å². The molecule has 3 amide bonds. The second kappa shape index (κ2) is 11.2. The van der Waals surface area contributed by atoms with Gasteiger partial charge in [0.05, 0.1) is 17.3 Å². The van der Waals surface area contributed by atoms with Gasteiger partial charge in [-0.25, -0.2) is 18.0 Å². The molecular formula is C21H24N4O6S2. The minimum Gasteiger partial charge on any atom is -0.480 e. The fraction of sp³-hybridized carbons (Fsp3) is 0.286. The normalized spacial score (nSPS) is 17.2. The van der Waals surface area contributed by atoms with E-state index in [9.17, 15) is 27.9 Å². The maximum Gasteiger partial charge on any atom is 0.328 e. The maximum atomic E-state index is 12.9. The second-order valence-corrected chi connectivity index (χ2v) is 10.1. The zero-order valence-electron chi connectivity index (χ0n) is 17.5. The number of benzene rings is 2. The van der Waals surface area contributed by atoms with Crippen LogP contribution in [-0.4, -0.2) is 66.0 Å². The van der Waals surface area contributed by atoms with E-state index >= 15 is 0 Å². The lowest BCUT2D eigenvalue weighted by Gasteiger charge is -2.24. The van der Waals surface area contributed by atoms with Crippen molar-refractivity contribution in [3.8, 4) is 0 Å². The second-order valence-electron chi connectivity index (χ2n) is 7.17. The zero-order valence-corrected chi connectivity index (χ0v) is 19.1. The van der Waals surface area contributed by atoms with Crippen LogP contribution in [0.4, 0.5) is 4.79 Å². The quantitative estimate of drug-likeness (QED) is 0.405. The third-order valence-corrected chi connectivity index (χ3v) is 7.92. The van der Waals surface area contributed by atoms with Gasteiger partial charge in [0, 0.05) is 12.3 Å². The fourth-order valence-corrected chi connectivity index (χ4v) is 6.27. The smallest absolute Gasteiger partial charge is 0.328 e. The zero-order chi connectivity index (χ0) is 23.8. The third-order valence-electron chi connectivity index (χ3n) is 4.87. The van der Waals surface area contributed by atoms with Crippen molar-refractivity contribution in [1.82, 2.24) is 20.3 Å². The summed E-state index contributed by atoms with van der Waals surface area (Å²) in [5, 5.41) is 16.8. The standard InChI is InChI=1S/C21H24N4O6S2/c26-19(18-13-32-14-25(18)33(30,31)16-9-5-2-6-10-16)24-17(20(27)28)12-23-21(29)22-11-15-7-3-1-4-8-15/h1-10,17-18H,11-14H2,(H,24,26)(H,27,28)(H2,22,23,29). The average Bonchev–Trinajstić information content (AvgIpc) is 3.32. The van der Waals surface area contributed by atoms with E-state index in [0.717, 1.165) is 9.87 Å². The number of urea groups is 1. The number of carbonyl (C=O) groups is 3. The van der Waals surface area contributed by atoms with Gasteiger partial charge >= 0.3 is 12.0 Å². The molecule has 2 aromatic rings. The van der Waals surface area contributed by atoms with Gasteiger partial charge in [-0.3, -0.25) is 4.79 Å². The number of hydrogen-bond acceptors (Lipinski definition) is 6. The molecular weight excluding hydrogens is 468 g/mol. The SMILES string of the molecule is O=C(NCc1ccccc1)NCC(NC(=O)C1CSCN1S(=O)(=O)c1ccccc1)C(=O)O. The lowest BCUT2D eigenvalue weighted by molar-refractivity contribution is -0.142. The van der Waals surface area contributed by atoms with Crippen molar-refractivity contribution in [3.63, 3.8) is 0 Å². The first kappa shape index (κ1) is 24.6. The van der Waals surface area contributed by atoms with Gasteiger partial charge in [0.25, 0.3) is 0 Å². The highest BCUT2D eigenvalue weighted by atomic mass is 32.2. The van der Waals surface area contributed by atoms with Crippen LogP contribution in [0.3, 0.4) is 0 Å². The summed E-state index contributed by atoms with van der Waals surface area (Å²) in [4.78, 5) is 36.5. The van der Waals surface area contributed by atoms with Gasteiger partial charge in [0.1, 0.15) is 12.1 Å². The topological polar surface area (TPSA) is 145 Å². The molecule has 0 aromatic heterocycles. The molecule has 10 nitrogen and oxygen atoms in total. The maximum absolute atomic E-state index is 12.9. The Balaban J connectivity index is 1.58. The molecule has 1 aliphatic rings. The molecule has 0 aliphatic carbocycles. The Labute approximate surface area is 195 Å². The molecule has 0 saturated carbocycles. The fourth-order valence-electron chi connectivity index (χ4n) is 3.10. The third kappa shape index (κ3) is 6.46. The van der Waals surface area contributed by atoms with Crippen LogP contribution in [0.15, 0.2) is 65.6 Å². The van der Waals surface area contributed by atoms with Gasteiger partial charge in [-0.2, -0.15) is 4.31 Å². The van der Waals surface area contributed by atoms with E-state index in [0.29, 0.717) is 0 Å². The van der Waals surface area contributed by atoms with Crippen molar-refractivity contribution in [1.29, 1.82) is 0 Å². The molecule has 0 spiro atoms. The van der Waals surface area contributed by atoms with E-state index < -0.39 is 40.0 Å². The number of aliphatic carboxylic acids is 1. The highest BCUT2D eigenvalue weighted by Gasteiger charge is 2.41. The van der Waals surface area contributed by atoms with Crippen molar-refractivity contribution in [3.05, 3.63) is 66.2 Å². The van der Waals surface area contributed by atoms with Crippen molar-refractivity contribution in [2.24, 2.45) is 0 Å². The van der Waals surface area contributed by atoms with Crippen molar-refractivity contribution in [2.75, 3.05) is 18.2 Å². The number of nitrogens with one attached hydrogen (secondary N) is 3.